The summed E-state index contributed by atoms with van der Waals surface area (Å²) in [6, 6.07) is 0.413. The summed E-state index contributed by atoms with van der Waals surface area (Å²) in [5, 5.41) is 17.1. The second kappa shape index (κ2) is 7.99. The Morgan fingerprint density at radius 2 is 2.18 bits per heavy atom. The van der Waals surface area contributed by atoms with Gasteiger partial charge in [-0.25, -0.2) is 9.78 Å². The second-order valence-corrected chi connectivity index (χ2v) is 4.68. The van der Waals surface area contributed by atoms with Gasteiger partial charge in [0.1, 0.15) is 10.8 Å². The lowest BCUT2D eigenvalue weighted by atomic mass is 10.3. The van der Waals surface area contributed by atoms with Gasteiger partial charge >= 0.3 is 12.1 Å². The molecule has 0 aromatic carbocycles. The molecule has 0 spiro atoms. The molecule has 1 aliphatic rings. The van der Waals surface area contributed by atoms with Crippen LogP contribution >= 0.6 is 11.6 Å². The van der Waals surface area contributed by atoms with Gasteiger partial charge in [-0.3, -0.25) is 0 Å². The number of hydrogen-bond acceptors (Lipinski definition) is 6. The van der Waals surface area contributed by atoms with Crippen molar-refractivity contribution in [1.82, 2.24) is 15.3 Å². The normalized spacial score (nSPS) is 17.4. The average Bonchev–Trinajstić information content (AvgIpc) is 2.93. The summed E-state index contributed by atoms with van der Waals surface area (Å²) in [6.07, 6.45) is -2.38. The summed E-state index contributed by atoms with van der Waals surface area (Å²) in [7, 11) is 1.79. The number of nitrogens with zero attached hydrogens (tertiary/aromatic N) is 2. The van der Waals surface area contributed by atoms with Gasteiger partial charge in [0.25, 0.3) is 0 Å². The third-order valence-corrected chi connectivity index (χ3v) is 2.89. The first-order valence-corrected chi connectivity index (χ1v) is 6.59. The number of aromatic nitrogens is 2. The van der Waals surface area contributed by atoms with E-state index < -0.39 is 12.1 Å². The summed E-state index contributed by atoms with van der Waals surface area (Å²) in [6.45, 7) is 2.00. The Hall–Kier alpha value is -1.81. The smallest absolute Gasteiger partial charge is 0.475 e. The van der Waals surface area contributed by atoms with Crippen molar-refractivity contribution >= 4 is 29.3 Å². The molecule has 1 fully saturated rings. The number of carboxylic acid groups (broad SMARTS) is 1. The summed E-state index contributed by atoms with van der Waals surface area (Å²) >= 11 is 5.89. The van der Waals surface area contributed by atoms with Crippen molar-refractivity contribution in [3.63, 3.8) is 0 Å². The maximum atomic E-state index is 10.6. The molecule has 1 atom stereocenters. The number of nitrogens with one attached hydrogen (secondary N) is 3. The largest absolute Gasteiger partial charge is 0.490 e. The number of carbonyl (C=O) groups is 1. The highest BCUT2D eigenvalue weighted by Crippen LogP contribution is 2.19. The zero-order valence-corrected chi connectivity index (χ0v) is 12.3. The van der Waals surface area contributed by atoms with Crippen LogP contribution in [-0.2, 0) is 4.79 Å². The molecular formula is C11H15ClF3N5O2. The number of halogens is 4. The lowest BCUT2D eigenvalue weighted by molar-refractivity contribution is -0.192. The molecule has 1 aliphatic heterocycles. The molecule has 0 bridgehead atoms. The zero-order valence-electron chi connectivity index (χ0n) is 11.5. The van der Waals surface area contributed by atoms with E-state index in [0.717, 1.165) is 19.5 Å². The summed E-state index contributed by atoms with van der Waals surface area (Å²) in [5.74, 6) is -1.48. The predicted octanol–water partition coefficient (Wildman–Crippen LogP) is 1.58. The van der Waals surface area contributed by atoms with Crippen molar-refractivity contribution in [2.45, 2.75) is 18.6 Å². The van der Waals surface area contributed by atoms with Gasteiger partial charge < -0.3 is 21.1 Å². The van der Waals surface area contributed by atoms with Gasteiger partial charge in [0, 0.05) is 19.6 Å². The second-order valence-electron chi connectivity index (χ2n) is 4.28. The lowest BCUT2D eigenvalue weighted by Gasteiger charge is -2.12. The Morgan fingerprint density at radius 3 is 2.64 bits per heavy atom. The van der Waals surface area contributed by atoms with Gasteiger partial charge in [-0.2, -0.15) is 18.2 Å². The fourth-order valence-electron chi connectivity index (χ4n) is 1.57. The standard InChI is InChI=1S/C9H14ClN5.C2HF3O2/c1-11-8-7(10)5-13-9(15-8)14-6-2-3-12-4-6;3-2(4,5)1(6)7/h5-6,12H,2-4H2,1H3,(H2,11,13,14,15);(H,6,7)/t6-;/m1./s1. The van der Waals surface area contributed by atoms with E-state index >= 15 is 0 Å². The third-order valence-electron chi connectivity index (χ3n) is 2.62. The van der Waals surface area contributed by atoms with Gasteiger partial charge in [0.05, 0.1) is 6.20 Å². The van der Waals surface area contributed by atoms with E-state index in [1.165, 1.54) is 0 Å². The minimum absolute atomic E-state index is 0.413. The monoisotopic (exact) mass is 341 g/mol. The van der Waals surface area contributed by atoms with Crippen LogP contribution in [0.3, 0.4) is 0 Å². The van der Waals surface area contributed by atoms with Crippen LogP contribution in [0.5, 0.6) is 0 Å². The van der Waals surface area contributed by atoms with E-state index in [1.54, 1.807) is 13.2 Å². The molecule has 0 amide bonds. The molecule has 22 heavy (non-hydrogen) atoms. The molecule has 0 aliphatic carbocycles. The molecular weight excluding hydrogens is 327 g/mol. The van der Waals surface area contributed by atoms with Crippen LogP contribution in [0.2, 0.25) is 5.02 Å². The Balaban J connectivity index is 0.000000295. The van der Waals surface area contributed by atoms with Gasteiger partial charge in [-0.05, 0) is 13.0 Å². The number of rotatable bonds is 3. The lowest BCUT2D eigenvalue weighted by Crippen LogP contribution is -2.23. The summed E-state index contributed by atoms with van der Waals surface area (Å²) in [5.41, 5.74) is 0. The number of hydrogen-bond donors (Lipinski definition) is 4. The molecule has 11 heteroatoms. The minimum Gasteiger partial charge on any atom is -0.475 e. The number of carboxylic acids is 1. The van der Waals surface area contributed by atoms with Crippen LogP contribution in [0.1, 0.15) is 6.42 Å². The quantitative estimate of drug-likeness (QED) is 0.662. The summed E-state index contributed by atoms with van der Waals surface area (Å²) < 4.78 is 31.7. The van der Waals surface area contributed by atoms with Gasteiger partial charge in [-0.15, -0.1) is 0 Å². The molecule has 1 aromatic heterocycles. The van der Waals surface area contributed by atoms with Crippen molar-refractivity contribution in [2.75, 3.05) is 30.8 Å². The maximum absolute atomic E-state index is 10.6. The van der Waals surface area contributed by atoms with E-state index in [2.05, 4.69) is 25.9 Å². The number of anilines is 2. The van der Waals surface area contributed by atoms with Crippen molar-refractivity contribution in [1.29, 1.82) is 0 Å². The van der Waals surface area contributed by atoms with E-state index in [-0.39, 0.29) is 0 Å². The molecule has 1 saturated heterocycles. The van der Waals surface area contributed by atoms with Crippen molar-refractivity contribution in [3.8, 4) is 0 Å². The highest BCUT2D eigenvalue weighted by atomic mass is 35.5. The highest BCUT2D eigenvalue weighted by molar-refractivity contribution is 6.32. The summed E-state index contributed by atoms with van der Waals surface area (Å²) in [4.78, 5) is 17.3. The molecule has 2 rings (SSSR count). The van der Waals surface area contributed by atoms with Gasteiger partial charge in [0.15, 0.2) is 0 Å². The SMILES string of the molecule is CNc1nc(N[C@@H]2CCNC2)ncc1Cl.O=C(O)C(F)(F)F. The van der Waals surface area contributed by atoms with Crippen LogP contribution in [0.15, 0.2) is 6.20 Å². The van der Waals surface area contributed by atoms with Crippen molar-refractivity contribution in [2.24, 2.45) is 0 Å². The van der Waals surface area contributed by atoms with Crippen LogP contribution in [-0.4, -0.2) is 53.4 Å². The number of aliphatic carboxylic acids is 1. The first-order chi connectivity index (χ1) is 10.2. The van der Waals surface area contributed by atoms with E-state index in [9.17, 15) is 13.2 Å². The van der Waals surface area contributed by atoms with E-state index in [1.807, 2.05) is 0 Å². The Morgan fingerprint density at radius 1 is 1.55 bits per heavy atom. The van der Waals surface area contributed by atoms with E-state index in [0.29, 0.717) is 22.8 Å². The van der Waals surface area contributed by atoms with Crippen LogP contribution in [0, 0.1) is 0 Å². The van der Waals surface area contributed by atoms with Crippen LogP contribution < -0.4 is 16.0 Å². The Labute approximate surface area is 129 Å². The molecule has 1 aromatic rings. The maximum Gasteiger partial charge on any atom is 0.490 e. The van der Waals surface area contributed by atoms with Crippen LogP contribution in [0.4, 0.5) is 24.9 Å². The first-order valence-electron chi connectivity index (χ1n) is 6.21. The fraction of sp³-hybridized carbons (Fsp3) is 0.545. The molecule has 4 N–H and O–H groups in total. The van der Waals surface area contributed by atoms with Gasteiger partial charge in [0.2, 0.25) is 5.95 Å². The van der Waals surface area contributed by atoms with E-state index in [4.69, 9.17) is 21.5 Å². The fourth-order valence-corrected chi connectivity index (χ4v) is 1.76. The molecule has 0 saturated carbocycles. The zero-order chi connectivity index (χ0) is 16.8. The highest BCUT2D eigenvalue weighted by Gasteiger charge is 2.38. The molecule has 2 heterocycles. The van der Waals surface area contributed by atoms with Crippen molar-refractivity contribution < 1.29 is 23.1 Å². The Kier molecular flexibility index (Phi) is 6.62. The van der Waals surface area contributed by atoms with Gasteiger partial charge in [-0.1, -0.05) is 11.6 Å². The topological polar surface area (TPSA) is 99.2 Å². The number of alkyl halides is 3. The average molecular weight is 342 g/mol. The molecule has 0 unspecified atom stereocenters. The third kappa shape index (κ3) is 5.90. The Bertz CT molecular complexity index is 509. The molecule has 124 valence electrons. The minimum atomic E-state index is -5.08. The first kappa shape index (κ1) is 18.2. The van der Waals surface area contributed by atoms with Crippen molar-refractivity contribution in [3.05, 3.63) is 11.2 Å². The van der Waals surface area contributed by atoms with Crippen LogP contribution in [0.25, 0.3) is 0 Å². The molecule has 0 radical (unpaired) electrons. The predicted molar refractivity (Wildman–Crippen MR) is 75.2 cm³/mol. The molecule has 7 nitrogen and oxygen atoms in total.